The average Bonchev–Trinajstić information content (AvgIpc) is 2.90. The maximum atomic E-state index is 6.12. The molecular weight excluding hydrogens is 248 g/mol. The van der Waals surface area contributed by atoms with E-state index in [0.29, 0.717) is 0 Å². The highest BCUT2D eigenvalue weighted by atomic mass is 16.5. The number of rotatable bonds is 4. The van der Waals surface area contributed by atoms with Crippen molar-refractivity contribution in [2.75, 3.05) is 20.1 Å². The van der Waals surface area contributed by atoms with Gasteiger partial charge in [-0.2, -0.15) is 0 Å². The van der Waals surface area contributed by atoms with E-state index in [1.165, 1.54) is 37.7 Å². The Kier molecular flexibility index (Phi) is 3.99. The zero-order valence-electron chi connectivity index (χ0n) is 12.5. The van der Waals surface area contributed by atoms with Crippen molar-refractivity contribution in [3.05, 3.63) is 29.8 Å². The molecule has 1 unspecified atom stereocenters. The van der Waals surface area contributed by atoms with Crippen LogP contribution >= 0.6 is 0 Å². The van der Waals surface area contributed by atoms with Crippen molar-refractivity contribution in [3.8, 4) is 5.75 Å². The van der Waals surface area contributed by atoms with Gasteiger partial charge in [0.2, 0.25) is 0 Å². The lowest BCUT2D eigenvalue weighted by Gasteiger charge is -2.44. The van der Waals surface area contributed by atoms with Gasteiger partial charge in [0.1, 0.15) is 11.9 Å². The van der Waals surface area contributed by atoms with Gasteiger partial charge in [-0.3, -0.25) is 4.90 Å². The first kappa shape index (κ1) is 13.9. The molecule has 1 atom stereocenters. The van der Waals surface area contributed by atoms with E-state index in [1.807, 2.05) is 6.07 Å². The molecule has 3 rings (SSSR count). The summed E-state index contributed by atoms with van der Waals surface area (Å²) in [4.78, 5) is 2.47. The highest BCUT2D eigenvalue weighted by Crippen LogP contribution is 2.34. The summed E-state index contributed by atoms with van der Waals surface area (Å²) in [7, 11) is 2.23. The fraction of sp³-hybridized carbons (Fsp3) is 0.647. The highest BCUT2D eigenvalue weighted by molar-refractivity contribution is 5.37. The second kappa shape index (κ2) is 5.74. The quantitative estimate of drug-likeness (QED) is 0.917. The van der Waals surface area contributed by atoms with Crippen LogP contribution < -0.4 is 10.5 Å². The molecule has 0 aromatic heterocycles. The average molecular weight is 274 g/mol. The van der Waals surface area contributed by atoms with Crippen LogP contribution in [0.15, 0.2) is 24.3 Å². The molecule has 0 amide bonds. The van der Waals surface area contributed by atoms with Gasteiger partial charge in [-0.05, 0) is 31.5 Å². The van der Waals surface area contributed by atoms with Crippen molar-refractivity contribution in [3.63, 3.8) is 0 Å². The Hall–Kier alpha value is -1.06. The lowest BCUT2D eigenvalue weighted by Crippen LogP contribution is -2.55. The van der Waals surface area contributed by atoms with E-state index in [2.05, 4.69) is 30.1 Å². The van der Waals surface area contributed by atoms with E-state index >= 15 is 0 Å². The van der Waals surface area contributed by atoms with E-state index < -0.39 is 0 Å². The van der Waals surface area contributed by atoms with Crippen molar-refractivity contribution in [1.29, 1.82) is 0 Å². The molecule has 1 fully saturated rings. The molecule has 110 valence electrons. The fourth-order valence-corrected chi connectivity index (χ4v) is 3.81. The van der Waals surface area contributed by atoms with Gasteiger partial charge in [0.15, 0.2) is 0 Å². The van der Waals surface area contributed by atoms with Crippen LogP contribution in [0.1, 0.15) is 37.7 Å². The predicted octanol–water partition coefficient (Wildman–Crippen LogP) is 2.58. The lowest BCUT2D eigenvalue weighted by atomic mass is 9.80. The number of para-hydroxylation sites is 1. The molecule has 1 heterocycles. The Balaban J connectivity index is 1.63. The number of hydrogen-bond donors (Lipinski definition) is 1. The summed E-state index contributed by atoms with van der Waals surface area (Å²) in [6.07, 6.45) is 7.77. The molecule has 1 aliphatic heterocycles. The van der Waals surface area contributed by atoms with Crippen LogP contribution in [0.2, 0.25) is 0 Å². The second-order valence-corrected chi connectivity index (χ2v) is 6.42. The Labute approximate surface area is 122 Å². The minimum atomic E-state index is 0.205. The zero-order valence-corrected chi connectivity index (χ0v) is 12.5. The third-order valence-corrected chi connectivity index (χ3v) is 5.17. The van der Waals surface area contributed by atoms with Crippen LogP contribution in [0.4, 0.5) is 0 Å². The lowest BCUT2D eigenvalue weighted by molar-refractivity contribution is 0.0487. The van der Waals surface area contributed by atoms with Crippen molar-refractivity contribution in [2.45, 2.75) is 50.2 Å². The molecule has 2 N–H and O–H groups in total. The van der Waals surface area contributed by atoms with Crippen molar-refractivity contribution in [1.82, 2.24) is 4.90 Å². The van der Waals surface area contributed by atoms with Crippen LogP contribution in [0, 0.1) is 0 Å². The number of likely N-dealkylation sites (N-methyl/N-ethyl adjacent to an activating group) is 1. The van der Waals surface area contributed by atoms with Gasteiger partial charge in [-0.25, -0.2) is 0 Å². The van der Waals surface area contributed by atoms with Crippen molar-refractivity contribution >= 4 is 0 Å². The monoisotopic (exact) mass is 274 g/mol. The topological polar surface area (TPSA) is 38.5 Å². The van der Waals surface area contributed by atoms with Crippen molar-refractivity contribution in [2.24, 2.45) is 5.73 Å². The van der Waals surface area contributed by atoms with Gasteiger partial charge < -0.3 is 10.5 Å². The number of ether oxygens (including phenoxy) is 1. The van der Waals surface area contributed by atoms with Gasteiger partial charge in [0, 0.05) is 25.0 Å². The minimum Gasteiger partial charge on any atom is -0.488 e. The van der Waals surface area contributed by atoms with Crippen LogP contribution in [0.5, 0.6) is 5.75 Å². The summed E-state index contributed by atoms with van der Waals surface area (Å²) in [6, 6.07) is 8.40. The minimum absolute atomic E-state index is 0.205. The Morgan fingerprint density at radius 2 is 2.00 bits per heavy atom. The molecule has 1 aromatic carbocycles. The van der Waals surface area contributed by atoms with Gasteiger partial charge >= 0.3 is 0 Å². The molecule has 20 heavy (non-hydrogen) atoms. The third kappa shape index (κ3) is 2.57. The van der Waals surface area contributed by atoms with E-state index in [-0.39, 0.29) is 11.6 Å². The first-order valence-corrected chi connectivity index (χ1v) is 7.89. The Morgan fingerprint density at radius 1 is 1.25 bits per heavy atom. The summed E-state index contributed by atoms with van der Waals surface area (Å²) in [5, 5.41) is 0. The zero-order chi connectivity index (χ0) is 14.0. The largest absolute Gasteiger partial charge is 0.488 e. The van der Waals surface area contributed by atoms with Crippen LogP contribution in [-0.4, -0.2) is 36.7 Å². The SMILES string of the molecule is CN(CC1Cc2ccccc2O1)C1(CN)CCCCC1. The molecule has 0 saturated heterocycles. The van der Waals surface area contributed by atoms with E-state index in [0.717, 1.165) is 25.3 Å². The molecule has 0 spiro atoms. The molecule has 3 nitrogen and oxygen atoms in total. The maximum absolute atomic E-state index is 6.12. The second-order valence-electron chi connectivity index (χ2n) is 6.42. The first-order chi connectivity index (χ1) is 9.73. The summed E-state index contributed by atoms with van der Waals surface area (Å²) < 4.78 is 6.08. The van der Waals surface area contributed by atoms with Crippen LogP contribution in [-0.2, 0) is 6.42 Å². The number of fused-ring (bicyclic) bond motifs is 1. The summed E-state index contributed by atoms with van der Waals surface area (Å²) in [5.41, 5.74) is 7.66. The molecule has 0 radical (unpaired) electrons. The van der Waals surface area contributed by atoms with E-state index in [4.69, 9.17) is 10.5 Å². The molecule has 2 aliphatic rings. The number of hydrogen-bond acceptors (Lipinski definition) is 3. The first-order valence-electron chi connectivity index (χ1n) is 7.89. The summed E-state index contributed by atoms with van der Waals surface area (Å²) >= 11 is 0. The van der Waals surface area contributed by atoms with E-state index in [9.17, 15) is 0 Å². The van der Waals surface area contributed by atoms with Crippen LogP contribution in [0.3, 0.4) is 0 Å². The van der Waals surface area contributed by atoms with E-state index in [1.54, 1.807) is 0 Å². The molecule has 3 heteroatoms. The fourth-order valence-electron chi connectivity index (χ4n) is 3.81. The summed E-state index contributed by atoms with van der Waals surface area (Å²) in [5.74, 6) is 1.07. The molecular formula is C17H26N2O. The molecule has 0 bridgehead atoms. The number of nitrogens with two attached hydrogens (primary N) is 1. The van der Waals surface area contributed by atoms with Gasteiger partial charge in [-0.15, -0.1) is 0 Å². The Bertz CT molecular complexity index is 429. The predicted molar refractivity (Wildman–Crippen MR) is 82.1 cm³/mol. The highest BCUT2D eigenvalue weighted by Gasteiger charge is 2.36. The molecule has 1 aliphatic carbocycles. The number of nitrogens with zero attached hydrogens (tertiary/aromatic N) is 1. The van der Waals surface area contributed by atoms with Crippen molar-refractivity contribution < 1.29 is 4.74 Å². The van der Waals surface area contributed by atoms with Crippen LogP contribution in [0.25, 0.3) is 0 Å². The van der Waals surface area contributed by atoms with Gasteiger partial charge in [0.25, 0.3) is 0 Å². The van der Waals surface area contributed by atoms with Gasteiger partial charge in [-0.1, -0.05) is 37.5 Å². The Morgan fingerprint density at radius 3 is 2.70 bits per heavy atom. The standard InChI is InChI=1S/C17H26N2O/c1-19(17(13-18)9-5-2-6-10-17)12-15-11-14-7-3-4-8-16(14)20-15/h3-4,7-8,15H,2,5-6,9-13,18H2,1H3. The summed E-state index contributed by atoms with van der Waals surface area (Å²) in [6.45, 7) is 1.75. The normalized spacial score (nSPS) is 24.4. The maximum Gasteiger partial charge on any atom is 0.123 e. The smallest absolute Gasteiger partial charge is 0.123 e. The number of benzene rings is 1. The van der Waals surface area contributed by atoms with Gasteiger partial charge in [0.05, 0.1) is 0 Å². The third-order valence-electron chi connectivity index (χ3n) is 5.17. The molecule has 1 saturated carbocycles. The molecule has 1 aromatic rings.